The Morgan fingerprint density at radius 1 is 0.595 bits per heavy atom. The summed E-state index contributed by atoms with van der Waals surface area (Å²) in [5, 5.41) is 56.4. The summed E-state index contributed by atoms with van der Waals surface area (Å²) in [7, 11) is 0. The van der Waals surface area contributed by atoms with Crippen molar-refractivity contribution in [3.05, 3.63) is 58.6 Å². The fraction of sp³-hybridized carbons (Fsp3) is 0.120. The van der Waals surface area contributed by atoms with E-state index in [-0.39, 0.29) is 74.5 Å². The summed E-state index contributed by atoms with van der Waals surface area (Å²) in [6.45, 7) is 0. The highest BCUT2D eigenvalue weighted by atomic mass is 35.5. The molecule has 0 spiro atoms. The van der Waals surface area contributed by atoms with E-state index in [0.717, 1.165) is 0 Å². The number of fused-ring (bicyclic) bond motifs is 2. The van der Waals surface area contributed by atoms with Gasteiger partial charge in [-0.3, -0.25) is 9.59 Å². The predicted octanol–water partition coefficient (Wildman–Crippen LogP) is 7.21. The average Bonchev–Trinajstić information content (AvgIpc) is 2.90. The maximum atomic E-state index is 12.1. The molecule has 0 aliphatic heterocycles. The maximum Gasteiger partial charge on any atom is 0.264 e. The normalized spacial score (nSPS) is 11.7. The van der Waals surface area contributed by atoms with Crippen LogP contribution in [0.15, 0.2) is 69.0 Å². The first kappa shape index (κ1) is 25.8. The number of hydrogen-bond acceptors (Lipinski definition) is 8. The molecular formula is C25H18Cl2N4O6. The molecule has 0 saturated heterocycles. The standard InChI is InChI=1S/C25H18Cl2N4O6/c26-18-20(24(36)14-8-3-1-6-12(14)22(18)34)30-28-16(32)10-5-11-17(33)29-31-21-19(27)23(35)13-7-2-4-9-15(13)25(21)37/h1-4,6-9,34-37H,5,10-11H2. The van der Waals surface area contributed by atoms with Gasteiger partial charge < -0.3 is 20.4 Å². The molecule has 12 heteroatoms. The SMILES string of the molecule is O=C(CCCC(=O)N=Nc1c(Cl)c(O)c2ccccc2c1O)N=Nc1c(Cl)c(O)c2ccccc2c1O. The highest BCUT2D eigenvalue weighted by molar-refractivity contribution is 6.37. The van der Waals surface area contributed by atoms with Crippen LogP contribution in [0.2, 0.25) is 10.0 Å². The van der Waals surface area contributed by atoms with Crippen LogP contribution in [0.3, 0.4) is 0 Å². The molecule has 0 heterocycles. The summed E-state index contributed by atoms with van der Waals surface area (Å²) < 4.78 is 0. The lowest BCUT2D eigenvalue weighted by molar-refractivity contribution is -0.119. The lowest BCUT2D eigenvalue weighted by Crippen LogP contribution is -1.97. The molecule has 4 N–H and O–H groups in total. The number of carbonyl (C=O) groups excluding carboxylic acids is 2. The first-order chi connectivity index (χ1) is 17.7. The van der Waals surface area contributed by atoms with Crippen molar-refractivity contribution in [3.63, 3.8) is 0 Å². The van der Waals surface area contributed by atoms with Crippen LogP contribution in [0, 0.1) is 0 Å². The maximum absolute atomic E-state index is 12.1. The van der Waals surface area contributed by atoms with Gasteiger partial charge in [0.15, 0.2) is 22.9 Å². The molecule has 0 aromatic heterocycles. The van der Waals surface area contributed by atoms with E-state index in [9.17, 15) is 30.0 Å². The number of azo groups is 2. The van der Waals surface area contributed by atoms with Crippen LogP contribution in [-0.2, 0) is 9.59 Å². The Hall–Kier alpha value is -4.28. The molecule has 2 amide bonds. The van der Waals surface area contributed by atoms with E-state index >= 15 is 0 Å². The van der Waals surface area contributed by atoms with Crippen LogP contribution >= 0.6 is 23.2 Å². The van der Waals surface area contributed by atoms with E-state index in [0.29, 0.717) is 10.8 Å². The van der Waals surface area contributed by atoms with E-state index in [4.69, 9.17) is 23.2 Å². The molecular weight excluding hydrogens is 523 g/mol. The minimum absolute atomic E-state index is 0.0566. The molecule has 0 radical (unpaired) electrons. The summed E-state index contributed by atoms with van der Waals surface area (Å²) in [6.07, 6.45) is -0.294. The Balaban J connectivity index is 1.39. The van der Waals surface area contributed by atoms with Gasteiger partial charge in [0.25, 0.3) is 11.8 Å². The second-order valence-electron chi connectivity index (χ2n) is 7.85. The summed E-state index contributed by atoms with van der Waals surface area (Å²) in [5.74, 6) is -2.70. The number of aromatic hydroxyl groups is 4. The fourth-order valence-electron chi connectivity index (χ4n) is 3.60. The zero-order valence-electron chi connectivity index (χ0n) is 18.9. The molecule has 10 nitrogen and oxygen atoms in total. The second kappa shape index (κ2) is 10.8. The van der Waals surface area contributed by atoms with Crippen LogP contribution in [0.25, 0.3) is 21.5 Å². The number of benzene rings is 4. The predicted molar refractivity (Wildman–Crippen MR) is 137 cm³/mol. The molecule has 0 fully saturated rings. The monoisotopic (exact) mass is 540 g/mol. The quantitative estimate of drug-likeness (QED) is 0.149. The summed E-state index contributed by atoms with van der Waals surface area (Å²) in [5.41, 5.74) is -0.516. The number of halogens is 2. The van der Waals surface area contributed by atoms with Gasteiger partial charge in [0.05, 0.1) is 0 Å². The third-order valence-corrected chi connectivity index (χ3v) is 6.18. The molecule has 4 aromatic rings. The van der Waals surface area contributed by atoms with Crippen molar-refractivity contribution in [3.8, 4) is 23.0 Å². The third-order valence-electron chi connectivity index (χ3n) is 5.46. The van der Waals surface area contributed by atoms with E-state index in [1.54, 1.807) is 48.5 Å². The first-order valence-electron chi connectivity index (χ1n) is 10.8. The van der Waals surface area contributed by atoms with Crippen LogP contribution in [0.5, 0.6) is 23.0 Å². The van der Waals surface area contributed by atoms with Crippen LogP contribution < -0.4 is 0 Å². The third kappa shape index (κ3) is 5.16. The summed E-state index contributed by atoms with van der Waals surface area (Å²) >= 11 is 12.1. The molecule has 0 bridgehead atoms. The van der Waals surface area contributed by atoms with Gasteiger partial charge in [0.2, 0.25) is 0 Å². The molecule has 4 aromatic carbocycles. The minimum Gasteiger partial charge on any atom is -0.506 e. The Labute approximate surface area is 219 Å². The summed E-state index contributed by atoms with van der Waals surface area (Å²) in [4.78, 5) is 24.2. The van der Waals surface area contributed by atoms with Crippen molar-refractivity contribution in [1.82, 2.24) is 0 Å². The van der Waals surface area contributed by atoms with Crippen molar-refractivity contribution in [2.75, 3.05) is 0 Å². The molecule has 0 unspecified atom stereocenters. The topological polar surface area (TPSA) is 164 Å². The van der Waals surface area contributed by atoms with Crippen LogP contribution in [-0.4, -0.2) is 32.2 Å². The number of hydrogen-bond donors (Lipinski definition) is 4. The Bertz CT molecular complexity index is 1500. The highest BCUT2D eigenvalue weighted by Crippen LogP contribution is 2.48. The number of carbonyl (C=O) groups is 2. The van der Waals surface area contributed by atoms with Gasteiger partial charge in [-0.15, -0.1) is 20.5 Å². The zero-order valence-corrected chi connectivity index (χ0v) is 20.4. The first-order valence-corrected chi connectivity index (χ1v) is 11.6. The van der Waals surface area contributed by atoms with Gasteiger partial charge in [-0.1, -0.05) is 71.7 Å². The van der Waals surface area contributed by atoms with Gasteiger partial charge in [-0.05, 0) is 6.42 Å². The zero-order chi connectivity index (χ0) is 26.7. The van der Waals surface area contributed by atoms with E-state index in [2.05, 4.69) is 20.5 Å². The number of nitrogens with zero attached hydrogens (tertiary/aromatic N) is 4. The van der Waals surface area contributed by atoms with Crippen molar-refractivity contribution >= 4 is 67.9 Å². The molecule has 0 atom stereocenters. The lowest BCUT2D eigenvalue weighted by Gasteiger charge is -2.08. The Morgan fingerprint density at radius 3 is 1.27 bits per heavy atom. The van der Waals surface area contributed by atoms with Gasteiger partial charge >= 0.3 is 0 Å². The second-order valence-corrected chi connectivity index (χ2v) is 8.61. The molecule has 0 aliphatic rings. The summed E-state index contributed by atoms with van der Waals surface area (Å²) in [6, 6.07) is 12.8. The smallest absolute Gasteiger partial charge is 0.264 e. The lowest BCUT2D eigenvalue weighted by atomic mass is 10.1. The van der Waals surface area contributed by atoms with Crippen LogP contribution in [0.4, 0.5) is 11.4 Å². The molecule has 0 saturated carbocycles. The van der Waals surface area contributed by atoms with Crippen molar-refractivity contribution in [1.29, 1.82) is 0 Å². The largest absolute Gasteiger partial charge is 0.506 e. The van der Waals surface area contributed by atoms with Gasteiger partial charge in [-0.25, -0.2) is 0 Å². The van der Waals surface area contributed by atoms with Gasteiger partial charge in [0.1, 0.15) is 21.5 Å². The van der Waals surface area contributed by atoms with Crippen molar-refractivity contribution < 1.29 is 30.0 Å². The minimum atomic E-state index is -0.701. The van der Waals surface area contributed by atoms with Gasteiger partial charge in [-0.2, -0.15) is 0 Å². The van der Waals surface area contributed by atoms with Crippen molar-refractivity contribution in [2.45, 2.75) is 19.3 Å². The number of phenols is 4. The number of rotatable bonds is 6. The Kier molecular flexibility index (Phi) is 7.51. The molecule has 4 rings (SSSR count). The van der Waals surface area contributed by atoms with E-state index in [1.165, 1.54) is 0 Å². The number of phenolic OH excluding ortho intramolecular Hbond substituents is 4. The Morgan fingerprint density at radius 2 is 0.919 bits per heavy atom. The van der Waals surface area contributed by atoms with Crippen LogP contribution in [0.1, 0.15) is 19.3 Å². The molecule has 0 aliphatic carbocycles. The van der Waals surface area contributed by atoms with Crippen molar-refractivity contribution in [2.24, 2.45) is 20.5 Å². The molecule has 37 heavy (non-hydrogen) atoms. The van der Waals surface area contributed by atoms with E-state index < -0.39 is 11.8 Å². The fourth-order valence-corrected chi connectivity index (χ4v) is 4.06. The number of amides is 2. The van der Waals surface area contributed by atoms with Gasteiger partial charge in [0, 0.05) is 34.4 Å². The average molecular weight is 541 g/mol. The highest BCUT2D eigenvalue weighted by Gasteiger charge is 2.19. The van der Waals surface area contributed by atoms with E-state index in [1.807, 2.05) is 0 Å². The molecule has 188 valence electrons.